The molecule has 3 saturated heterocycles. The van der Waals surface area contributed by atoms with Gasteiger partial charge in [0.25, 0.3) is 0 Å². The predicted octanol–water partition coefficient (Wildman–Crippen LogP) is 1.79. The van der Waals surface area contributed by atoms with Crippen LogP contribution in [-0.2, 0) is 9.53 Å². The van der Waals surface area contributed by atoms with Gasteiger partial charge in [0.15, 0.2) is 5.96 Å². The number of hydrogen-bond donors (Lipinski definition) is 1. The first-order valence-corrected chi connectivity index (χ1v) is 11.6. The number of hydrogen-bond acceptors (Lipinski definition) is 5. The SMILES string of the molecule is CCNC(=NCC1(N2CCCCC2)CCN(C)CC1)N1CCC(C(=O)OC)CC1. The van der Waals surface area contributed by atoms with Crippen LogP contribution in [0.15, 0.2) is 4.99 Å². The van der Waals surface area contributed by atoms with Crippen LogP contribution >= 0.6 is 0 Å². The van der Waals surface area contributed by atoms with Gasteiger partial charge in [-0.3, -0.25) is 14.7 Å². The van der Waals surface area contributed by atoms with Gasteiger partial charge < -0.3 is 19.9 Å². The molecule has 0 aromatic rings. The molecule has 0 aromatic heterocycles. The first kappa shape index (κ1) is 22.3. The van der Waals surface area contributed by atoms with Crippen molar-refractivity contribution in [2.45, 2.75) is 57.4 Å². The fraction of sp³-hybridized carbons (Fsp3) is 0.909. The van der Waals surface area contributed by atoms with Crippen LogP contribution in [-0.4, -0.2) is 98.7 Å². The number of likely N-dealkylation sites (tertiary alicyclic amines) is 3. The number of guanidine groups is 1. The number of methoxy groups -OCH3 is 1. The van der Waals surface area contributed by atoms with E-state index in [0.717, 1.165) is 58.1 Å². The van der Waals surface area contributed by atoms with Crippen molar-refractivity contribution >= 4 is 11.9 Å². The zero-order chi connectivity index (χ0) is 20.7. The Bertz CT molecular complexity index is 545. The van der Waals surface area contributed by atoms with E-state index in [4.69, 9.17) is 9.73 Å². The molecular weight excluding hydrogens is 366 g/mol. The molecule has 0 atom stereocenters. The lowest BCUT2D eigenvalue weighted by Gasteiger charge is -2.49. The topological polar surface area (TPSA) is 60.4 Å². The number of piperidine rings is 3. The summed E-state index contributed by atoms with van der Waals surface area (Å²) in [7, 11) is 3.72. The van der Waals surface area contributed by atoms with Crippen LogP contribution in [0.1, 0.15) is 51.9 Å². The van der Waals surface area contributed by atoms with Crippen LogP contribution in [0.2, 0.25) is 0 Å². The number of esters is 1. The maximum atomic E-state index is 11.8. The second-order valence-corrected chi connectivity index (χ2v) is 9.03. The third-order valence-corrected chi connectivity index (χ3v) is 7.13. The highest BCUT2D eigenvalue weighted by molar-refractivity contribution is 5.80. The average molecular weight is 408 g/mol. The molecule has 0 aliphatic carbocycles. The van der Waals surface area contributed by atoms with Gasteiger partial charge >= 0.3 is 5.97 Å². The van der Waals surface area contributed by atoms with Crippen molar-refractivity contribution in [3.05, 3.63) is 0 Å². The van der Waals surface area contributed by atoms with Gasteiger partial charge in [0.1, 0.15) is 0 Å². The molecule has 7 nitrogen and oxygen atoms in total. The van der Waals surface area contributed by atoms with Crippen LogP contribution < -0.4 is 5.32 Å². The molecule has 29 heavy (non-hydrogen) atoms. The summed E-state index contributed by atoms with van der Waals surface area (Å²) in [6.07, 6.45) is 8.12. The molecule has 3 fully saturated rings. The van der Waals surface area contributed by atoms with E-state index in [0.29, 0.717) is 0 Å². The van der Waals surface area contributed by atoms with Crippen LogP contribution in [0.4, 0.5) is 0 Å². The number of rotatable bonds is 5. The van der Waals surface area contributed by atoms with E-state index >= 15 is 0 Å². The van der Waals surface area contributed by atoms with Gasteiger partial charge in [-0.2, -0.15) is 0 Å². The lowest BCUT2D eigenvalue weighted by Crippen LogP contribution is -2.58. The smallest absolute Gasteiger partial charge is 0.308 e. The number of carbonyl (C=O) groups excluding carboxylic acids is 1. The standard InChI is InChI=1S/C22H41N5O2/c1-4-23-21(26-14-8-19(9-15-26)20(28)29-3)24-18-22(10-16-25(2)17-11-22)27-12-6-5-7-13-27/h19H,4-18H2,1-3H3,(H,23,24). The maximum Gasteiger partial charge on any atom is 0.308 e. The molecule has 0 aromatic carbocycles. The first-order chi connectivity index (χ1) is 14.1. The van der Waals surface area contributed by atoms with Gasteiger partial charge in [0, 0.05) is 25.2 Å². The minimum atomic E-state index is -0.0676. The Morgan fingerprint density at radius 3 is 2.31 bits per heavy atom. The molecular formula is C22H41N5O2. The number of carbonyl (C=O) groups is 1. The highest BCUT2D eigenvalue weighted by atomic mass is 16.5. The van der Waals surface area contributed by atoms with E-state index in [1.165, 1.54) is 52.3 Å². The van der Waals surface area contributed by atoms with Crippen molar-refractivity contribution in [2.75, 3.05) is 66.5 Å². The summed E-state index contributed by atoms with van der Waals surface area (Å²) in [5.41, 5.74) is 0.206. The minimum absolute atomic E-state index is 0.0349. The van der Waals surface area contributed by atoms with Crippen molar-refractivity contribution in [1.82, 2.24) is 20.0 Å². The molecule has 166 valence electrons. The third-order valence-electron chi connectivity index (χ3n) is 7.13. The van der Waals surface area contributed by atoms with Gasteiger partial charge in [-0.1, -0.05) is 6.42 Å². The summed E-state index contributed by atoms with van der Waals surface area (Å²) >= 11 is 0. The molecule has 0 radical (unpaired) electrons. The molecule has 3 heterocycles. The van der Waals surface area contributed by atoms with Crippen molar-refractivity contribution in [3.8, 4) is 0 Å². The molecule has 0 amide bonds. The van der Waals surface area contributed by atoms with E-state index in [1.807, 2.05) is 0 Å². The summed E-state index contributed by atoms with van der Waals surface area (Å²) < 4.78 is 4.94. The van der Waals surface area contributed by atoms with Crippen LogP contribution in [0.5, 0.6) is 0 Å². The van der Waals surface area contributed by atoms with Gasteiger partial charge in [-0.15, -0.1) is 0 Å². The number of aliphatic imine (C=N–C) groups is 1. The monoisotopic (exact) mass is 407 g/mol. The van der Waals surface area contributed by atoms with E-state index < -0.39 is 0 Å². The number of ether oxygens (including phenoxy) is 1. The Hall–Kier alpha value is -1.34. The lowest BCUT2D eigenvalue weighted by molar-refractivity contribution is -0.146. The van der Waals surface area contributed by atoms with Gasteiger partial charge in [-0.25, -0.2) is 0 Å². The van der Waals surface area contributed by atoms with E-state index in [2.05, 4.69) is 34.0 Å². The molecule has 0 spiro atoms. The van der Waals surface area contributed by atoms with E-state index in [-0.39, 0.29) is 17.4 Å². The van der Waals surface area contributed by atoms with E-state index in [9.17, 15) is 4.79 Å². The zero-order valence-electron chi connectivity index (χ0n) is 18.8. The Labute approximate surface area is 176 Å². The maximum absolute atomic E-state index is 11.8. The summed E-state index contributed by atoms with van der Waals surface area (Å²) in [6, 6.07) is 0. The van der Waals surface area contributed by atoms with Crippen LogP contribution in [0.25, 0.3) is 0 Å². The molecule has 7 heteroatoms. The number of nitrogens with zero attached hydrogens (tertiary/aromatic N) is 4. The van der Waals surface area contributed by atoms with Crippen molar-refractivity contribution in [1.29, 1.82) is 0 Å². The fourth-order valence-electron chi connectivity index (χ4n) is 5.12. The second kappa shape index (κ2) is 10.6. The molecule has 1 N–H and O–H groups in total. The summed E-state index contributed by atoms with van der Waals surface area (Å²) in [5.74, 6) is 0.987. The second-order valence-electron chi connectivity index (χ2n) is 9.03. The van der Waals surface area contributed by atoms with Crippen LogP contribution in [0.3, 0.4) is 0 Å². The van der Waals surface area contributed by atoms with Gasteiger partial charge in [-0.05, 0) is 78.7 Å². The normalized spacial score (nSPS) is 25.1. The molecule has 0 unspecified atom stereocenters. The Morgan fingerprint density at radius 2 is 1.72 bits per heavy atom. The lowest BCUT2D eigenvalue weighted by atomic mass is 9.84. The summed E-state index contributed by atoms with van der Waals surface area (Å²) in [4.78, 5) is 24.6. The van der Waals surface area contributed by atoms with Crippen molar-refractivity contribution in [3.63, 3.8) is 0 Å². The van der Waals surface area contributed by atoms with Crippen molar-refractivity contribution in [2.24, 2.45) is 10.9 Å². The molecule has 3 aliphatic rings. The Kier molecular flexibility index (Phi) is 8.18. The predicted molar refractivity (Wildman–Crippen MR) is 117 cm³/mol. The fourth-order valence-corrected chi connectivity index (χ4v) is 5.12. The van der Waals surface area contributed by atoms with Gasteiger partial charge in [0.05, 0.1) is 19.6 Å². The first-order valence-electron chi connectivity index (χ1n) is 11.6. The van der Waals surface area contributed by atoms with E-state index in [1.54, 1.807) is 0 Å². The number of nitrogens with one attached hydrogen (secondary N) is 1. The third kappa shape index (κ3) is 5.63. The molecule has 3 aliphatic heterocycles. The molecule has 3 rings (SSSR count). The zero-order valence-corrected chi connectivity index (χ0v) is 18.8. The molecule has 0 saturated carbocycles. The summed E-state index contributed by atoms with van der Waals surface area (Å²) in [6.45, 7) is 10.4. The quantitative estimate of drug-likeness (QED) is 0.426. The highest BCUT2D eigenvalue weighted by Gasteiger charge is 2.40. The van der Waals surface area contributed by atoms with Crippen LogP contribution in [0, 0.1) is 5.92 Å². The Morgan fingerprint density at radius 1 is 1.07 bits per heavy atom. The van der Waals surface area contributed by atoms with Crippen molar-refractivity contribution < 1.29 is 9.53 Å². The molecule has 0 bridgehead atoms. The van der Waals surface area contributed by atoms with Gasteiger partial charge in [0.2, 0.25) is 0 Å². The Balaban J connectivity index is 1.68. The minimum Gasteiger partial charge on any atom is -0.469 e. The average Bonchev–Trinajstić information content (AvgIpc) is 2.78. The largest absolute Gasteiger partial charge is 0.469 e. The summed E-state index contributed by atoms with van der Waals surface area (Å²) in [5, 5.41) is 3.51. The highest BCUT2D eigenvalue weighted by Crippen LogP contribution is 2.32.